The molecule has 74 valence electrons. The monoisotopic (exact) mass is 203 g/mol. The van der Waals surface area contributed by atoms with Gasteiger partial charge in [-0.05, 0) is 6.07 Å². The molecule has 1 aromatic carbocycles. The lowest BCUT2D eigenvalue weighted by molar-refractivity contribution is -0.384. The molecule has 6 nitrogen and oxygen atoms in total. The van der Waals surface area contributed by atoms with Crippen molar-refractivity contribution >= 4 is 16.6 Å². The number of benzene rings is 1. The Bertz CT molecular complexity index is 597. The average Bonchev–Trinajstić information content (AvgIpc) is 2.37. The molecule has 0 aliphatic heterocycles. The third-order valence-corrected chi connectivity index (χ3v) is 1.85. The Hall–Kier alpha value is -2.37. The van der Waals surface area contributed by atoms with E-state index in [1.165, 1.54) is 24.4 Å². The van der Waals surface area contributed by atoms with Crippen molar-refractivity contribution in [3.05, 3.63) is 51.1 Å². The minimum Gasteiger partial charge on any atom is -0.266 e. The maximum Gasteiger partial charge on any atom is 0.288 e. The molecule has 6 heteroatoms. The Labute approximate surface area is 83.4 Å². The summed E-state index contributed by atoms with van der Waals surface area (Å²) in [5.74, 6) is 0. The first-order chi connectivity index (χ1) is 7.16. The fourth-order valence-electron chi connectivity index (χ4n) is 1.19. The Morgan fingerprint density at radius 1 is 1.27 bits per heavy atom. The van der Waals surface area contributed by atoms with Gasteiger partial charge in [0, 0.05) is 23.7 Å². The molecule has 0 saturated heterocycles. The van der Waals surface area contributed by atoms with Crippen LogP contribution in [0.4, 0.5) is 5.69 Å². The third-order valence-electron chi connectivity index (χ3n) is 1.85. The number of rotatable bonds is 1. The van der Waals surface area contributed by atoms with Crippen LogP contribution in [0, 0.1) is 10.1 Å². The lowest BCUT2D eigenvalue weighted by Gasteiger charge is -1.91. The summed E-state index contributed by atoms with van der Waals surface area (Å²) in [6, 6.07) is 4.06. The second-order valence-corrected chi connectivity index (χ2v) is 2.86. The van der Waals surface area contributed by atoms with E-state index < -0.39 is 10.5 Å². The molecule has 2 aromatic rings. The van der Waals surface area contributed by atoms with Crippen LogP contribution >= 0.6 is 0 Å². The zero-order chi connectivity index (χ0) is 10.8. The third kappa shape index (κ3) is 1.78. The standard InChI is InChI=1S/C9H5N3O3/c13-9-5-10-4-6-3-7(12(14)15)1-2-8(6)11-9/h1-5H. The summed E-state index contributed by atoms with van der Waals surface area (Å²) in [6.45, 7) is 0. The maximum atomic E-state index is 11.0. The number of fused-ring (bicyclic) bond motifs is 1. The molecule has 0 atom stereocenters. The van der Waals surface area contributed by atoms with Gasteiger partial charge in [0.2, 0.25) is 0 Å². The number of aromatic nitrogens is 2. The largest absolute Gasteiger partial charge is 0.288 e. The first-order valence-corrected chi connectivity index (χ1v) is 4.07. The van der Waals surface area contributed by atoms with Gasteiger partial charge in [-0.15, -0.1) is 0 Å². The van der Waals surface area contributed by atoms with E-state index in [2.05, 4.69) is 9.97 Å². The smallest absolute Gasteiger partial charge is 0.266 e. The van der Waals surface area contributed by atoms with E-state index in [1.807, 2.05) is 0 Å². The summed E-state index contributed by atoms with van der Waals surface area (Å²) in [6.07, 6.45) is 2.43. The van der Waals surface area contributed by atoms with E-state index in [0.29, 0.717) is 10.9 Å². The Morgan fingerprint density at radius 2 is 2.07 bits per heavy atom. The van der Waals surface area contributed by atoms with E-state index >= 15 is 0 Å². The SMILES string of the molecule is O=c1cncc2cc([N+](=O)[O-])ccc2n1. The first-order valence-electron chi connectivity index (χ1n) is 4.07. The van der Waals surface area contributed by atoms with Crippen molar-refractivity contribution < 1.29 is 4.92 Å². The molecule has 0 saturated carbocycles. The van der Waals surface area contributed by atoms with E-state index in [0.717, 1.165) is 6.20 Å². The predicted octanol–water partition coefficient (Wildman–Crippen LogP) is 0.898. The molecule has 1 heterocycles. The van der Waals surface area contributed by atoms with Crippen LogP contribution in [-0.2, 0) is 0 Å². The fourth-order valence-corrected chi connectivity index (χ4v) is 1.19. The van der Waals surface area contributed by atoms with Crippen molar-refractivity contribution in [1.29, 1.82) is 0 Å². The molecule has 0 unspecified atom stereocenters. The normalized spacial score (nSPS) is 10.1. The van der Waals surface area contributed by atoms with Crippen LogP contribution < -0.4 is 5.56 Å². The summed E-state index contributed by atoms with van der Waals surface area (Å²) in [5.41, 5.74) is -0.133. The van der Waals surface area contributed by atoms with Gasteiger partial charge >= 0.3 is 0 Å². The van der Waals surface area contributed by atoms with Crippen LogP contribution in [0.5, 0.6) is 0 Å². The molecule has 0 radical (unpaired) electrons. The highest BCUT2D eigenvalue weighted by molar-refractivity contribution is 5.79. The van der Waals surface area contributed by atoms with Crippen LogP contribution in [0.25, 0.3) is 10.9 Å². The van der Waals surface area contributed by atoms with Crippen molar-refractivity contribution in [2.24, 2.45) is 0 Å². The Morgan fingerprint density at radius 3 is 2.80 bits per heavy atom. The highest BCUT2D eigenvalue weighted by Crippen LogP contribution is 2.16. The average molecular weight is 203 g/mol. The van der Waals surface area contributed by atoms with E-state index in [4.69, 9.17) is 0 Å². The minimum atomic E-state index is -0.509. The molecule has 0 fully saturated rings. The number of non-ortho nitro benzene ring substituents is 1. The summed E-state index contributed by atoms with van der Waals surface area (Å²) >= 11 is 0. The van der Waals surface area contributed by atoms with Crippen LogP contribution in [-0.4, -0.2) is 14.9 Å². The van der Waals surface area contributed by atoms with Crippen LogP contribution in [0.3, 0.4) is 0 Å². The molecular formula is C9H5N3O3. The number of nitro benzene ring substituents is 1. The van der Waals surface area contributed by atoms with Crippen molar-refractivity contribution in [3.8, 4) is 0 Å². The van der Waals surface area contributed by atoms with E-state index in [1.54, 1.807) is 0 Å². The number of nitrogens with zero attached hydrogens (tertiary/aromatic N) is 3. The van der Waals surface area contributed by atoms with Gasteiger partial charge in [-0.25, -0.2) is 4.98 Å². The molecule has 0 bridgehead atoms. The summed E-state index contributed by atoms with van der Waals surface area (Å²) in [5, 5.41) is 11.0. The van der Waals surface area contributed by atoms with Crippen molar-refractivity contribution in [2.75, 3.05) is 0 Å². The number of nitro groups is 1. The van der Waals surface area contributed by atoms with Gasteiger partial charge in [0.25, 0.3) is 11.2 Å². The second kappa shape index (κ2) is 3.41. The molecule has 15 heavy (non-hydrogen) atoms. The molecule has 0 spiro atoms. The molecule has 0 amide bonds. The Balaban J connectivity index is 2.80. The van der Waals surface area contributed by atoms with Gasteiger partial charge in [0.1, 0.15) is 0 Å². The zero-order valence-electron chi connectivity index (χ0n) is 7.45. The van der Waals surface area contributed by atoms with Crippen LogP contribution in [0.1, 0.15) is 0 Å². The van der Waals surface area contributed by atoms with Crippen LogP contribution in [0.2, 0.25) is 0 Å². The molecule has 2 rings (SSSR count). The van der Waals surface area contributed by atoms with E-state index in [9.17, 15) is 14.9 Å². The molecular weight excluding hydrogens is 198 g/mol. The highest BCUT2D eigenvalue weighted by Gasteiger charge is 2.05. The second-order valence-electron chi connectivity index (χ2n) is 2.86. The highest BCUT2D eigenvalue weighted by atomic mass is 16.6. The van der Waals surface area contributed by atoms with Crippen molar-refractivity contribution in [1.82, 2.24) is 9.97 Å². The fraction of sp³-hybridized carbons (Fsp3) is 0. The lowest BCUT2D eigenvalue weighted by Crippen LogP contribution is -1.98. The van der Waals surface area contributed by atoms with E-state index in [-0.39, 0.29) is 5.69 Å². The summed E-state index contributed by atoms with van der Waals surface area (Å²) in [7, 11) is 0. The van der Waals surface area contributed by atoms with Gasteiger partial charge < -0.3 is 0 Å². The molecule has 0 N–H and O–H groups in total. The summed E-state index contributed by atoms with van der Waals surface area (Å²) < 4.78 is 0. The molecule has 0 aliphatic carbocycles. The lowest BCUT2D eigenvalue weighted by atomic mass is 10.2. The van der Waals surface area contributed by atoms with Gasteiger partial charge in [-0.1, -0.05) is 0 Å². The Kier molecular flexibility index (Phi) is 2.09. The van der Waals surface area contributed by atoms with Gasteiger partial charge in [0.15, 0.2) is 0 Å². The van der Waals surface area contributed by atoms with Crippen LogP contribution in [0.15, 0.2) is 35.4 Å². The van der Waals surface area contributed by atoms with Crippen molar-refractivity contribution in [2.45, 2.75) is 0 Å². The number of hydrogen-bond acceptors (Lipinski definition) is 5. The quantitative estimate of drug-likeness (QED) is 0.507. The summed E-state index contributed by atoms with van der Waals surface area (Å²) in [4.78, 5) is 28.4. The van der Waals surface area contributed by atoms with Gasteiger partial charge in [-0.3, -0.25) is 19.9 Å². The topological polar surface area (TPSA) is 86.0 Å². The molecule has 1 aromatic heterocycles. The minimum absolute atomic E-state index is 0.0512. The predicted molar refractivity (Wildman–Crippen MR) is 52.5 cm³/mol. The van der Waals surface area contributed by atoms with Gasteiger partial charge in [0.05, 0.1) is 16.6 Å². The zero-order valence-corrected chi connectivity index (χ0v) is 7.45. The maximum absolute atomic E-state index is 11.0. The first kappa shape index (κ1) is 9.20. The molecule has 0 aliphatic rings. The number of hydrogen-bond donors (Lipinski definition) is 0. The van der Waals surface area contributed by atoms with Gasteiger partial charge in [-0.2, -0.15) is 0 Å². The van der Waals surface area contributed by atoms with Crippen molar-refractivity contribution in [3.63, 3.8) is 0 Å².